The van der Waals surface area contributed by atoms with Crippen molar-refractivity contribution in [1.82, 2.24) is 4.90 Å². The number of amides is 2. The zero-order chi connectivity index (χ0) is 16.8. The number of nitrogens with zero attached hydrogens (tertiary/aromatic N) is 1. The molecule has 0 unspecified atom stereocenters. The predicted molar refractivity (Wildman–Crippen MR) is 70.1 cm³/mol. The van der Waals surface area contributed by atoms with Crippen LogP contribution < -0.4 is 0 Å². The van der Waals surface area contributed by atoms with Crippen molar-refractivity contribution in [2.24, 2.45) is 0 Å². The number of carbonyl (C=O) groups is 2. The number of alkyl halides is 3. The summed E-state index contributed by atoms with van der Waals surface area (Å²) >= 11 is 0. The molecule has 126 valence electrons. The van der Waals surface area contributed by atoms with Crippen LogP contribution in [0.5, 0.6) is 0 Å². The molecule has 22 heavy (non-hydrogen) atoms. The first kappa shape index (κ1) is 17.1. The molecule has 2 amide bonds. The standard InChI is InChI=1S/C14H20F3NO4/c1-12(2,3)22-11(20)18(10(19)14(15,16)17)13-6-4-9(5-7-13)21-8-13/h9H,4-8H2,1-3H3. The SMILES string of the molecule is CC(C)(C)OC(=O)N(C(=O)C(F)(F)F)C12CCC(CC1)OC2. The fraction of sp³-hybridized carbons (Fsp3) is 0.857. The van der Waals surface area contributed by atoms with E-state index in [0.29, 0.717) is 25.7 Å². The van der Waals surface area contributed by atoms with Crippen molar-refractivity contribution in [1.29, 1.82) is 0 Å². The summed E-state index contributed by atoms with van der Waals surface area (Å²) in [6.45, 7) is 4.53. The normalized spacial score (nSPS) is 28.4. The van der Waals surface area contributed by atoms with Crippen LogP contribution in [0.2, 0.25) is 0 Å². The molecule has 0 spiro atoms. The lowest BCUT2D eigenvalue weighted by Gasteiger charge is -2.50. The van der Waals surface area contributed by atoms with Crippen LogP contribution in [-0.2, 0) is 14.3 Å². The second kappa shape index (κ2) is 5.40. The number of imide groups is 1. The third-order valence-corrected chi connectivity index (χ3v) is 3.95. The largest absolute Gasteiger partial charge is 0.471 e. The van der Waals surface area contributed by atoms with Gasteiger partial charge in [0.2, 0.25) is 0 Å². The Kier molecular flexibility index (Phi) is 4.18. The second-order valence-corrected chi connectivity index (χ2v) is 6.85. The molecular formula is C14H20F3NO4. The van der Waals surface area contributed by atoms with E-state index in [-0.39, 0.29) is 17.6 Å². The summed E-state index contributed by atoms with van der Waals surface area (Å²) < 4.78 is 49.2. The zero-order valence-corrected chi connectivity index (χ0v) is 12.8. The molecular weight excluding hydrogens is 303 g/mol. The van der Waals surface area contributed by atoms with Crippen LogP contribution in [0.3, 0.4) is 0 Å². The van der Waals surface area contributed by atoms with Gasteiger partial charge < -0.3 is 9.47 Å². The molecule has 0 atom stereocenters. The van der Waals surface area contributed by atoms with Gasteiger partial charge in [-0.3, -0.25) is 4.79 Å². The zero-order valence-electron chi connectivity index (χ0n) is 12.8. The van der Waals surface area contributed by atoms with Crippen LogP contribution in [0.1, 0.15) is 46.5 Å². The van der Waals surface area contributed by atoms with Gasteiger partial charge in [0.25, 0.3) is 0 Å². The molecule has 3 rings (SSSR count). The summed E-state index contributed by atoms with van der Waals surface area (Å²) in [5, 5.41) is 0. The Labute approximate surface area is 126 Å². The van der Waals surface area contributed by atoms with Gasteiger partial charge in [0.05, 0.1) is 18.2 Å². The van der Waals surface area contributed by atoms with Gasteiger partial charge in [0, 0.05) is 0 Å². The molecule has 2 heterocycles. The minimum absolute atomic E-state index is 0.00310. The Morgan fingerprint density at radius 2 is 1.73 bits per heavy atom. The van der Waals surface area contributed by atoms with E-state index in [4.69, 9.17) is 9.47 Å². The number of ether oxygens (including phenoxy) is 2. The fourth-order valence-electron chi connectivity index (χ4n) is 2.93. The van der Waals surface area contributed by atoms with E-state index in [2.05, 4.69) is 0 Å². The Morgan fingerprint density at radius 1 is 1.18 bits per heavy atom. The maximum Gasteiger partial charge on any atom is 0.471 e. The minimum atomic E-state index is -5.14. The van der Waals surface area contributed by atoms with Crippen molar-refractivity contribution in [3.05, 3.63) is 0 Å². The van der Waals surface area contributed by atoms with Gasteiger partial charge in [-0.2, -0.15) is 13.2 Å². The highest BCUT2D eigenvalue weighted by atomic mass is 19.4. The average molecular weight is 323 g/mol. The topological polar surface area (TPSA) is 55.8 Å². The van der Waals surface area contributed by atoms with Gasteiger partial charge >= 0.3 is 18.2 Å². The Balaban J connectivity index is 2.33. The third-order valence-electron chi connectivity index (χ3n) is 3.95. The summed E-state index contributed by atoms with van der Waals surface area (Å²) in [5.41, 5.74) is -2.26. The molecule has 0 aromatic rings. The highest BCUT2D eigenvalue weighted by Gasteiger charge is 2.57. The fourth-order valence-corrected chi connectivity index (χ4v) is 2.93. The average Bonchev–Trinajstić information content (AvgIpc) is 2.37. The predicted octanol–water partition coefficient (Wildman–Crippen LogP) is 3.02. The third kappa shape index (κ3) is 3.37. The van der Waals surface area contributed by atoms with Crippen LogP contribution in [0.25, 0.3) is 0 Å². The lowest BCUT2D eigenvalue weighted by atomic mass is 9.77. The van der Waals surface area contributed by atoms with Gasteiger partial charge in [0.1, 0.15) is 5.60 Å². The summed E-state index contributed by atoms with van der Waals surface area (Å²) in [5.74, 6) is -2.19. The summed E-state index contributed by atoms with van der Waals surface area (Å²) in [7, 11) is 0. The molecule has 0 aromatic carbocycles. The van der Waals surface area contributed by atoms with E-state index in [1.807, 2.05) is 0 Å². The molecule has 8 heteroatoms. The molecule has 0 aromatic heterocycles. The highest BCUT2D eigenvalue weighted by molar-refractivity contribution is 5.96. The quantitative estimate of drug-likeness (QED) is 0.744. The molecule has 2 bridgehead atoms. The first-order valence-corrected chi connectivity index (χ1v) is 7.21. The van der Waals surface area contributed by atoms with E-state index < -0.39 is 29.3 Å². The van der Waals surface area contributed by atoms with Crippen LogP contribution >= 0.6 is 0 Å². The number of rotatable bonds is 1. The number of carbonyl (C=O) groups excluding carboxylic acids is 2. The van der Waals surface area contributed by atoms with Crippen molar-refractivity contribution >= 4 is 12.0 Å². The van der Waals surface area contributed by atoms with E-state index in [1.54, 1.807) is 0 Å². The highest BCUT2D eigenvalue weighted by Crippen LogP contribution is 2.42. The van der Waals surface area contributed by atoms with Crippen molar-refractivity contribution < 1.29 is 32.2 Å². The van der Waals surface area contributed by atoms with Gasteiger partial charge in [0.15, 0.2) is 0 Å². The van der Waals surface area contributed by atoms with Crippen LogP contribution in [0.15, 0.2) is 0 Å². The first-order chi connectivity index (χ1) is 9.95. The van der Waals surface area contributed by atoms with E-state index >= 15 is 0 Å². The number of hydrogen-bond donors (Lipinski definition) is 0. The van der Waals surface area contributed by atoms with Crippen molar-refractivity contribution in [2.45, 2.75) is 69.9 Å². The van der Waals surface area contributed by atoms with Crippen LogP contribution in [0.4, 0.5) is 18.0 Å². The molecule has 3 aliphatic rings. The molecule has 2 aliphatic heterocycles. The number of fused-ring (bicyclic) bond motifs is 3. The Morgan fingerprint density at radius 3 is 2.09 bits per heavy atom. The summed E-state index contributed by atoms with van der Waals surface area (Å²) in [6.07, 6.45) is -4.73. The summed E-state index contributed by atoms with van der Waals surface area (Å²) in [4.78, 5) is 24.3. The van der Waals surface area contributed by atoms with Crippen molar-refractivity contribution in [3.8, 4) is 0 Å². The Bertz CT molecular complexity index is 448. The maximum atomic E-state index is 12.9. The molecule has 2 saturated heterocycles. The van der Waals surface area contributed by atoms with Gasteiger partial charge in [-0.05, 0) is 46.5 Å². The van der Waals surface area contributed by atoms with Gasteiger partial charge in [-0.1, -0.05) is 0 Å². The summed E-state index contributed by atoms with van der Waals surface area (Å²) in [6, 6.07) is 0. The minimum Gasteiger partial charge on any atom is -0.443 e. The lowest BCUT2D eigenvalue weighted by molar-refractivity contribution is -0.201. The van der Waals surface area contributed by atoms with E-state index in [9.17, 15) is 22.8 Å². The monoisotopic (exact) mass is 323 g/mol. The lowest BCUT2D eigenvalue weighted by Crippen LogP contribution is -2.65. The van der Waals surface area contributed by atoms with Crippen molar-refractivity contribution in [3.63, 3.8) is 0 Å². The van der Waals surface area contributed by atoms with Gasteiger partial charge in [-0.15, -0.1) is 0 Å². The maximum absolute atomic E-state index is 12.9. The first-order valence-electron chi connectivity index (χ1n) is 7.21. The number of hydrogen-bond acceptors (Lipinski definition) is 4. The van der Waals surface area contributed by atoms with Crippen LogP contribution in [-0.4, -0.2) is 46.9 Å². The van der Waals surface area contributed by atoms with Crippen molar-refractivity contribution in [2.75, 3.05) is 6.61 Å². The molecule has 5 nitrogen and oxygen atoms in total. The van der Waals surface area contributed by atoms with E-state index in [1.165, 1.54) is 20.8 Å². The second-order valence-electron chi connectivity index (χ2n) is 6.85. The number of halogens is 3. The molecule has 1 saturated carbocycles. The van der Waals surface area contributed by atoms with Crippen LogP contribution in [0, 0.1) is 0 Å². The smallest absolute Gasteiger partial charge is 0.443 e. The molecule has 0 radical (unpaired) electrons. The molecule has 1 aliphatic carbocycles. The molecule has 0 N–H and O–H groups in total. The Hall–Kier alpha value is -1.31. The molecule has 3 fully saturated rings. The van der Waals surface area contributed by atoms with E-state index in [0.717, 1.165) is 0 Å². The van der Waals surface area contributed by atoms with Gasteiger partial charge in [-0.25, -0.2) is 9.69 Å².